The standard InChI is InChI=1S/C10H19N3OS/c15-10(13-5-3-11-4-6-13)12-8-9-2-1-7-14-9/h9,11H,1-8H2,(H,12,15). The second-order valence-electron chi connectivity index (χ2n) is 4.06. The van der Waals surface area contributed by atoms with Crippen molar-refractivity contribution in [2.24, 2.45) is 0 Å². The van der Waals surface area contributed by atoms with Gasteiger partial charge in [0.25, 0.3) is 0 Å². The topological polar surface area (TPSA) is 36.5 Å². The highest BCUT2D eigenvalue weighted by molar-refractivity contribution is 7.80. The Morgan fingerprint density at radius 2 is 2.27 bits per heavy atom. The van der Waals surface area contributed by atoms with Crippen LogP contribution in [0.25, 0.3) is 0 Å². The average molecular weight is 229 g/mol. The van der Waals surface area contributed by atoms with Crippen molar-refractivity contribution in [2.75, 3.05) is 39.3 Å². The first kappa shape index (κ1) is 11.1. The van der Waals surface area contributed by atoms with E-state index >= 15 is 0 Å². The largest absolute Gasteiger partial charge is 0.376 e. The fourth-order valence-electron chi connectivity index (χ4n) is 1.99. The molecule has 0 radical (unpaired) electrons. The number of piperazine rings is 1. The Kier molecular flexibility index (Phi) is 4.17. The van der Waals surface area contributed by atoms with Crippen LogP contribution in [-0.4, -0.2) is 55.4 Å². The minimum absolute atomic E-state index is 0.367. The van der Waals surface area contributed by atoms with E-state index < -0.39 is 0 Å². The van der Waals surface area contributed by atoms with Gasteiger partial charge in [0.2, 0.25) is 0 Å². The van der Waals surface area contributed by atoms with Gasteiger partial charge in [-0.3, -0.25) is 0 Å². The predicted octanol–water partition coefficient (Wildman–Crippen LogP) is -0.0549. The zero-order valence-electron chi connectivity index (χ0n) is 9.00. The maximum atomic E-state index is 5.54. The fourth-order valence-corrected chi connectivity index (χ4v) is 2.25. The average Bonchev–Trinajstić information content (AvgIpc) is 2.80. The van der Waals surface area contributed by atoms with Crippen LogP contribution in [0.4, 0.5) is 0 Å². The maximum Gasteiger partial charge on any atom is 0.169 e. The van der Waals surface area contributed by atoms with Crippen molar-refractivity contribution in [1.82, 2.24) is 15.5 Å². The molecule has 1 unspecified atom stereocenters. The number of hydrogen-bond donors (Lipinski definition) is 2. The van der Waals surface area contributed by atoms with Crippen LogP contribution >= 0.6 is 12.2 Å². The number of nitrogens with zero attached hydrogens (tertiary/aromatic N) is 1. The van der Waals surface area contributed by atoms with E-state index in [4.69, 9.17) is 17.0 Å². The number of hydrogen-bond acceptors (Lipinski definition) is 3. The summed E-state index contributed by atoms with van der Waals surface area (Å²) in [6, 6.07) is 0. The number of ether oxygens (including phenoxy) is 1. The summed E-state index contributed by atoms with van der Waals surface area (Å²) < 4.78 is 5.54. The molecule has 2 saturated heterocycles. The van der Waals surface area contributed by atoms with E-state index in [1.165, 1.54) is 6.42 Å². The van der Waals surface area contributed by atoms with Gasteiger partial charge in [0.15, 0.2) is 5.11 Å². The summed E-state index contributed by atoms with van der Waals surface area (Å²) in [7, 11) is 0. The van der Waals surface area contributed by atoms with Crippen molar-refractivity contribution in [3.8, 4) is 0 Å². The number of thiocarbonyl (C=S) groups is 1. The van der Waals surface area contributed by atoms with Crippen LogP contribution in [0.15, 0.2) is 0 Å². The van der Waals surface area contributed by atoms with E-state index in [9.17, 15) is 0 Å². The van der Waals surface area contributed by atoms with Crippen LogP contribution in [0.1, 0.15) is 12.8 Å². The molecule has 2 aliphatic rings. The highest BCUT2D eigenvalue weighted by Gasteiger charge is 2.17. The van der Waals surface area contributed by atoms with Gasteiger partial charge < -0.3 is 20.3 Å². The molecule has 0 spiro atoms. The summed E-state index contributed by atoms with van der Waals surface area (Å²) in [5.41, 5.74) is 0. The van der Waals surface area contributed by atoms with E-state index in [2.05, 4.69) is 15.5 Å². The molecule has 0 saturated carbocycles. The van der Waals surface area contributed by atoms with Crippen molar-refractivity contribution < 1.29 is 4.74 Å². The summed E-state index contributed by atoms with van der Waals surface area (Å²) in [6.45, 7) is 5.85. The summed E-state index contributed by atoms with van der Waals surface area (Å²) in [4.78, 5) is 2.22. The lowest BCUT2D eigenvalue weighted by atomic mass is 10.2. The van der Waals surface area contributed by atoms with Gasteiger partial charge in [-0.2, -0.15) is 0 Å². The highest BCUT2D eigenvalue weighted by Crippen LogP contribution is 2.10. The van der Waals surface area contributed by atoms with Gasteiger partial charge >= 0.3 is 0 Å². The second-order valence-corrected chi connectivity index (χ2v) is 4.44. The third-order valence-electron chi connectivity index (χ3n) is 2.91. The van der Waals surface area contributed by atoms with Crippen LogP contribution in [0.3, 0.4) is 0 Å². The van der Waals surface area contributed by atoms with Crippen LogP contribution < -0.4 is 10.6 Å². The molecule has 1 atom stereocenters. The third-order valence-corrected chi connectivity index (χ3v) is 3.31. The molecular weight excluding hydrogens is 210 g/mol. The Hall–Kier alpha value is -0.390. The Morgan fingerprint density at radius 3 is 2.93 bits per heavy atom. The van der Waals surface area contributed by atoms with Gasteiger partial charge in [0, 0.05) is 39.3 Å². The minimum atomic E-state index is 0.367. The molecule has 2 N–H and O–H groups in total. The van der Waals surface area contributed by atoms with E-state index in [1.807, 2.05) is 0 Å². The molecule has 0 aliphatic carbocycles. The molecule has 2 heterocycles. The van der Waals surface area contributed by atoms with Gasteiger partial charge in [-0.15, -0.1) is 0 Å². The lowest BCUT2D eigenvalue weighted by Crippen LogP contribution is -2.51. The van der Waals surface area contributed by atoms with Crippen LogP contribution in [0.5, 0.6) is 0 Å². The predicted molar refractivity (Wildman–Crippen MR) is 64.0 cm³/mol. The Morgan fingerprint density at radius 1 is 1.47 bits per heavy atom. The zero-order chi connectivity index (χ0) is 10.5. The summed E-state index contributed by atoms with van der Waals surface area (Å²) in [5.74, 6) is 0. The SMILES string of the molecule is S=C(NCC1CCCO1)N1CCNCC1. The lowest BCUT2D eigenvalue weighted by Gasteiger charge is -2.30. The molecule has 0 amide bonds. The van der Waals surface area contributed by atoms with E-state index in [0.29, 0.717) is 6.10 Å². The van der Waals surface area contributed by atoms with E-state index in [0.717, 1.165) is 50.9 Å². The Bertz CT molecular complexity index is 213. The van der Waals surface area contributed by atoms with E-state index in [-0.39, 0.29) is 0 Å². The van der Waals surface area contributed by atoms with Crippen molar-refractivity contribution in [1.29, 1.82) is 0 Å². The summed E-state index contributed by atoms with van der Waals surface area (Å²) in [6.07, 6.45) is 2.72. The molecular formula is C10H19N3OS. The summed E-state index contributed by atoms with van der Waals surface area (Å²) in [5, 5.41) is 7.49. The Labute approximate surface area is 96.3 Å². The normalized spacial score (nSPS) is 26.7. The molecule has 86 valence electrons. The number of nitrogens with one attached hydrogen (secondary N) is 2. The molecule has 2 fully saturated rings. The van der Waals surface area contributed by atoms with Gasteiger partial charge in [-0.25, -0.2) is 0 Å². The quantitative estimate of drug-likeness (QED) is 0.649. The molecule has 15 heavy (non-hydrogen) atoms. The van der Waals surface area contributed by atoms with Crippen LogP contribution in [0.2, 0.25) is 0 Å². The van der Waals surface area contributed by atoms with E-state index in [1.54, 1.807) is 0 Å². The first-order valence-electron chi connectivity index (χ1n) is 5.71. The lowest BCUT2D eigenvalue weighted by molar-refractivity contribution is 0.113. The molecule has 0 aromatic rings. The number of rotatable bonds is 2. The van der Waals surface area contributed by atoms with Crippen LogP contribution in [0, 0.1) is 0 Å². The molecule has 2 aliphatic heterocycles. The fraction of sp³-hybridized carbons (Fsp3) is 0.900. The zero-order valence-corrected chi connectivity index (χ0v) is 9.81. The van der Waals surface area contributed by atoms with Gasteiger partial charge in [-0.1, -0.05) is 0 Å². The maximum absolute atomic E-state index is 5.54. The van der Waals surface area contributed by atoms with Crippen molar-refractivity contribution in [2.45, 2.75) is 18.9 Å². The van der Waals surface area contributed by atoms with Gasteiger partial charge in [0.1, 0.15) is 0 Å². The molecule has 2 rings (SSSR count). The molecule has 0 aromatic carbocycles. The van der Waals surface area contributed by atoms with Gasteiger partial charge in [-0.05, 0) is 25.1 Å². The molecule has 5 heteroatoms. The first-order valence-corrected chi connectivity index (χ1v) is 6.12. The van der Waals surface area contributed by atoms with Crippen LogP contribution in [-0.2, 0) is 4.74 Å². The molecule has 0 aromatic heterocycles. The Balaban J connectivity index is 1.66. The van der Waals surface area contributed by atoms with Crippen molar-refractivity contribution in [3.63, 3.8) is 0 Å². The molecule has 4 nitrogen and oxygen atoms in total. The smallest absolute Gasteiger partial charge is 0.169 e. The van der Waals surface area contributed by atoms with Crippen molar-refractivity contribution in [3.05, 3.63) is 0 Å². The minimum Gasteiger partial charge on any atom is -0.376 e. The van der Waals surface area contributed by atoms with Gasteiger partial charge in [0.05, 0.1) is 6.10 Å². The highest BCUT2D eigenvalue weighted by atomic mass is 32.1. The molecule has 0 bridgehead atoms. The third kappa shape index (κ3) is 3.29. The second kappa shape index (κ2) is 5.63. The monoisotopic (exact) mass is 229 g/mol. The summed E-state index contributed by atoms with van der Waals surface area (Å²) >= 11 is 5.34. The van der Waals surface area contributed by atoms with Crippen molar-refractivity contribution >= 4 is 17.3 Å². The first-order chi connectivity index (χ1) is 7.36.